The Morgan fingerprint density at radius 2 is 2.35 bits per heavy atom. The summed E-state index contributed by atoms with van der Waals surface area (Å²) < 4.78 is 5.14. The van der Waals surface area contributed by atoms with Crippen molar-refractivity contribution in [2.75, 3.05) is 6.61 Å². The predicted octanol–water partition coefficient (Wildman–Crippen LogP) is 3.90. The van der Waals surface area contributed by atoms with Crippen LogP contribution in [0.3, 0.4) is 0 Å². The third-order valence-corrected chi connectivity index (χ3v) is 3.91. The summed E-state index contributed by atoms with van der Waals surface area (Å²) >= 11 is 7.44. The number of hydrogen-bond donors (Lipinski definition) is 0. The van der Waals surface area contributed by atoms with Gasteiger partial charge in [0.15, 0.2) is 0 Å². The van der Waals surface area contributed by atoms with Gasteiger partial charge in [0.25, 0.3) is 0 Å². The van der Waals surface area contributed by atoms with Gasteiger partial charge in [0.2, 0.25) is 0 Å². The second kappa shape index (κ2) is 7.22. The number of rotatable bonds is 5. The molecule has 1 heterocycles. The number of ether oxygens (including phenoxy) is 1. The SMILES string of the molecule is Cc1ncsc1CCOC(=O)/C=C/c1cccc(Cl)c1. The summed E-state index contributed by atoms with van der Waals surface area (Å²) in [4.78, 5) is 16.9. The maximum atomic E-state index is 11.6. The van der Waals surface area contributed by atoms with Crippen LogP contribution in [0.25, 0.3) is 6.08 Å². The molecule has 0 fully saturated rings. The lowest BCUT2D eigenvalue weighted by Gasteiger charge is -2.01. The summed E-state index contributed by atoms with van der Waals surface area (Å²) in [6, 6.07) is 7.27. The minimum Gasteiger partial charge on any atom is -0.462 e. The van der Waals surface area contributed by atoms with Crippen molar-refractivity contribution >= 4 is 35.0 Å². The number of esters is 1. The van der Waals surface area contributed by atoms with Crippen LogP contribution in [0.5, 0.6) is 0 Å². The van der Waals surface area contributed by atoms with Crippen molar-refractivity contribution in [3.05, 3.63) is 57.0 Å². The Labute approximate surface area is 126 Å². The van der Waals surface area contributed by atoms with Crippen LogP contribution in [0.1, 0.15) is 16.1 Å². The Morgan fingerprint density at radius 1 is 1.50 bits per heavy atom. The van der Waals surface area contributed by atoms with Gasteiger partial charge in [-0.2, -0.15) is 0 Å². The van der Waals surface area contributed by atoms with Gasteiger partial charge in [0.1, 0.15) is 0 Å². The van der Waals surface area contributed by atoms with E-state index in [0.717, 1.165) is 16.1 Å². The van der Waals surface area contributed by atoms with Crippen molar-refractivity contribution in [1.29, 1.82) is 0 Å². The molecular weight excluding hydrogens is 294 g/mol. The van der Waals surface area contributed by atoms with Gasteiger partial charge in [0, 0.05) is 22.4 Å². The predicted molar refractivity (Wildman–Crippen MR) is 82.0 cm³/mol. The first-order valence-corrected chi connectivity index (χ1v) is 7.40. The van der Waals surface area contributed by atoms with Gasteiger partial charge in [-0.25, -0.2) is 9.78 Å². The number of carbonyl (C=O) groups excluding carboxylic acids is 1. The van der Waals surface area contributed by atoms with E-state index >= 15 is 0 Å². The highest BCUT2D eigenvalue weighted by molar-refractivity contribution is 7.09. The van der Waals surface area contributed by atoms with Gasteiger partial charge >= 0.3 is 5.97 Å². The number of thiazole rings is 1. The van der Waals surface area contributed by atoms with Gasteiger partial charge in [-0.1, -0.05) is 23.7 Å². The van der Waals surface area contributed by atoms with E-state index in [0.29, 0.717) is 18.1 Å². The fourth-order valence-corrected chi connectivity index (χ4v) is 2.59. The lowest BCUT2D eigenvalue weighted by Crippen LogP contribution is -2.04. The van der Waals surface area contributed by atoms with Crippen LogP contribution in [0.15, 0.2) is 35.9 Å². The molecule has 0 amide bonds. The van der Waals surface area contributed by atoms with E-state index in [9.17, 15) is 4.79 Å². The monoisotopic (exact) mass is 307 g/mol. The third kappa shape index (κ3) is 4.47. The topological polar surface area (TPSA) is 39.2 Å². The zero-order chi connectivity index (χ0) is 14.4. The van der Waals surface area contributed by atoms with Crippen LogP contribution in [0.2, 0.25) is 5.02 Å². The molecule has 20 heavy (non-hydrogen) atoms. The van der Waals surface area contributed by atoms with E-state index in [1.54, 1.807) is 35.1 Å². The van der Waals surface area contributed by atoms with Crippen LogP contribution >= 0.6 is 22.9 Å². The molecule has 104 valence electrons. The number of aryl methyl sites for hydroxylation is 1. The van der Waals surface area contributed by atoms with E-state index in [-0.39, 0.29) is 5.97 Å². The number of halogens is 1. The molecule has 0 atom stereocenters. The number of hydrogen-bond acceptors (Lipinski definition) is 4. The minimum atomic E-state index is -0.354. The molecule has 5 heteroatoms. The average Bonchev–Trinajstić information content (AvgIpc) is 2.82. The molecule has 1 aromatic heterocycles. The molecular formula is C15H14ClNO2S. The molecule has 0 aliphatic heterocycles. The van der Waals surface area contributed by atoms with Crippen molar-refractivity contribution in [3.8, 4) is 0 Å². The highest BCUT2D eigenvalue weighted by atomic mass is 35.5. The fourth-order valence-electron chi connectivity index (χ4n) is 1.63. The molecule has 1 aromatic carbocycles. The van der Waals surface area contributed by atoms with E-state index < -0.39 is 0 Å². The van der Waals surface area contributed by atoms with Crippen molar-refractivity contribution in [2.24, 2.45) is 0 Å². The molecule has 2 rings (SSSR count). The molecule has 0 unspecified atom stereocenters. The molecule has 0 radical (unpaired) electrons. The molecule has 0 bridgehead atoms. The maximum absolute atomic E-state index is 11.6. The van der Waals surface area contributed by atoms with Gasteiger partial charge in [-0.05, 0) is 30.7 Å². The summed E-state index contributed by atoms with van der Waals surface area (Å²) in [6.07, 6.45) is 3.80. The van der Waals surface area contributed by atoms with Crippen molar-refractivity contribution in [1.82, 2.24) is 4.98 Å². The van der Waals surface area contributed by atoms with Crippen LogP contribution in [-0.2, 0) is 16.0 Å². The summed E-state index contributed by atoms with van der Waals surface area (Å²) in [5, 5.41) is 0.640. The van der Waals surface area contributed by atoms with Crippen LogP contribution in [0, 0.1) is 6.92 Å². The molecule has 2 aromatic rings. The largest absolute Gasteiger partial charge is 0.462 e. The van der Waals surface area contributed by atoms with E-state index in [2.05, 4.69) is 4.98 Å². The Bertz CT molecular complexity index is 622. The molecule has 3 nitrogen and oxygen atoms in total. The Morgan fingerprint density at radius 3 is 3.05 bits per heavy atom. The standard InChI is InChI=1S/C15H14ClNO2S/c1-11-14(20-10-17-11)7-8-19-15(18)6-5-12-3-2-4-13(16)9-12/h2-6,9-10H,7-8H2,1H3/b6-5+. The van der Waals surface area contributed by atoms with Crippen LogP contribution < -0.4 is 0 Å². The summed E-state index contributed by atoms with van der Waals surface area (Å²) in [7, 11) is 0. The molecule has 0 saturated heterocycles. The Hall–Kier alpha value is -1.65. The lowest BCUT2D eigenvalue weighted by molar-refractivity contribution is -0.137. The quantitative estimate of drug-likeness (QED) is 0.621. The van der Waals surface area contributed by atoms with Gasteiger partial charge in [-0.3, -0.25) is 0 Å². The lowest BCUT2D eigenvalue weighted by atomic mass is 10.2. The number of benzene rings is 1. The second-order valence-corrected chi connectivity index (χ2v) is 5.54. The fraction of sp³-hybridized carbons (Fsp3) is 0.200. The minimum absolute atomic E-state index is 0.354. The summed E-state index contributed by atoms with van der Waals surface area (Å²) in [5.74, 6) is -0.354. The maximum Gasteiger partial charge on any atom is 0.330 e. The second-order valence-electron chi connectivity index (χ2n) is 4.17. The zero-order valence-corrected chi connectivity index (χ0v) is 12.6. The van der Waals surface area contributed by atoms with Gasteiger partial charge in [-0.15, -0.1) is 11.3 Å². The average molecular weight is 308 g/mol. The smallest absolute Gasteiger partial charge is 0.330 e. The van der Waals surface area contributed by atoms with Crippen LogP contribution in [-0.4, -0.2) is 17.6 Å². The van der Waals surface area contributed by atoms with Gasteiger partial charge < -0.3 is 4.74 Å². The molecule has 0 spiro atoms. The first kappa shape index (κ1) is 14.8. The summed E-state index contributed by atoms with van der Waals surface area (Å²) in [6.45, 7) is 2.31. The molecule has 0 saturated carbocycles. The Balaban J connectivity index is 1.79. The molecule has 0 N–H and O–H groups in total. The van der Waals surface area contributed by atoms with Crippen molar-refractivity contribution in [2.45, 2.75) is 13.3 Å². The van der Waals surface area contributed by atoms with E-state index in [1.165, 1.54) is 6.08 Å². The number of carbonyl (C=O) groups is 1. The first-order chi connectivity index (χ1) is 9.65. The van der Waals surface area contributed by atoms with Gasteiger partial charge in [0.05, 0.1) is 17.8 Å². The van der Waals surface area contributed by atoms with Crippen molar-refractivity contribution < 1.29 is 9.53 Å². The highest BCUT2D eigenvalue weighted by Gasteiger charge is 2.03. The van der Waals surface area contributed by atoms with E-state index in [4.69, 9.17) is 16.3 Å². The number of aromatic nitrogens is 1. The Kier molecular flexibility index (Phi) is 5.32. The molecule has 0 aliphatic rings. The highest BCUT2D eigenvalue weighted by Crippen LogP contribution is 2.13. The van der Waals surface area contributed by atoms with Crippen LogP contribution in [0.4, 0.5) is 0 Å². The normalized spacial score (nSPS) is 10.9. The number of nitrogens with zero attached hydrogens (tertiary/aromatic N) is 1. The molecule has 0 aliphatic carbocycles. The first-order valence-electron chi connectivity index (χ1n) is 6.14. The summed E-state index contributed by atoms with van der Waals surface area (Å²) in [5.41, 5.74) is 3.67. The zero-order valence-electron chi connectivity index (χ0n) is 11.0. The third-order valence-electron chi connectivity index (χ3n) is 2.68. The van der Waals surface area contributed by atoms with Crippen molar-refractivity contribution in [3.63, 3.8) is 0 Å². The van der Waals surface area contributed by atoms with E-state index in [1.807, 2.05) is 19.1 Å².